The number of para-hydroxylation sites is 1. The molecule has 0 saturated carbocycles. The molecule has 0 radical (unpaired) electrons. The topological polar surface area (TPSA) is 125 Å². The van der Waals surface area contributed by atoms with Crippen LogP contribution < -0.4 is 5.32 Å². The summed E-state index contributed by atoms with van der Waals surface area (Å²) in [7, 11) is 0. The summed E-state index contributed by atoms with van der Waals surface area (Å²) in [5.41, 5.74) is 0.603. The van der Waals surface area contributed by atoms with E-state index in [1.54, 1.807) is 6.92 Å². The smallest absolute Gasteiger partial charge is 0.345 e. The molecular formula is C21H22N2O7S. The number of carbonyl (C=O) groups is 3. The Balaban J connectivity index is 1.73. The fourth-order valence-corrected chi connectivity index (χ4v) is 4.85. The van der Waals surface area contributed by atoms with Crippen molar-refractivity contribution < 1.29 is 28.8 Å². The molecule has 3 rings (SSSR count). The fourth-order valence-electron chi connectivity index (χ4n) is 3.44. The van der Waals surface area contributed by atoms with E-state index < -0.39 is 35.1 Å². The zero-order chi connectivity index (χ0) is 22.5. The van der Waals surface area contributed by atoms with E-state index in [0.717, 1.165) is 29.7 Å². The van der Waals surface area contributed by atoms with E-state index in [1.807, 2.05) is 0 Å². The number of nitrogens with one attached hydrogen (secondary N) is 1. The Morgan fingerprint density at radius 1 is 1.23 bits per heavy atom. The average molecular weight is 446 g/mol. The first-order valence-electron chi connectivity index (χ1n) is 9.83. The van der Waals surface area contributed by atoms with E-state index in [9.17, 15) is 24.5 Å². The number of anilines is 1. The van der Waals surface area contributed by atoms with Crippen LogP contribution in [0.4, 0.5) is 10.7 Å². The second-order valence-corrected chi connectivity index (χ2v) is 8.28. The lowest BCUT2D eigenvalue weighted by atomic mass is 9.88. The van der Waals surface area contributed by atoms with Crippen LogP contribution in [0.3, 0.4) is 0 Å². The van der Waals surface area contributed by atoms with Gasteiger partial charge in [0, 0.05) is 10.9 Å². The molecule has 9 nitrogen and oxygen atoms in total. The van der Waals surface area contributed by atoms with Gasteiger partial charge in [-0.2, -0.15) is 0 Å². The number of nitro groups is 1. The first-order chi connectivity index (χ1) is 14.8. The number of fused-ring (bicyclic) bond motifs is 1. The van der Waals surface area contributed by atoms with Crippen molar-refractivity contribution in [3.63, 3.8) is 0 Å². The Morgan fingerprint density at radius 3 is 2.68 bits per heavy atom. The van der Waals surface area contributed by atoms with E-state index in [1.165, 1.54) is 35.6 Å². The summed E-state index contributed by atoms with van der Waals surface area (Å²) < 4.78 is 10.1. The SMILES string of the molecule is CCOC(=O)c1c(NC(=O)COC(=O)c2ccccc2[N+](=O)[O-])sc2c1CCC(C)C2. The van der Waals surface area contributed by atoms with Gasteiger partial charge < -0.3 is 14.8 Å². The van der Waals surface area contributed by atoms with Gasteiger partial charge in [-0.3, -0.25) is 14.9 Å². The van der Waals surface area contributed by atoms with Crippen molar-refractivity contribution in [1.29, 1.82) is 0 Å². The van der Waals surface area contributed by atoms with Gasteiger partial charge in [0.1, 0.15) is 10.6 Å². The summed E-state index contributed by atoms with van der Waals surface area (Å²) in [6.45, 7) is 3.40. The Kier molecular flexibility index (Phi) is 7.01. The highest BCUT2D eigenvalue weighted by molar-refractivity contribution is 7.17. The highest BCUT2D eigenvalue weighted by Crippen LogP contribution is 2.40. The molecule has 1 aromatic carbocycles. The summed E-state index contributed by atoms with van der Waals surface area (Å²) in [4.78, 5) is 48.5. The maximum Gasteiger partial charge on any atom is 0.345 e. The quantitative estimate of drug-likeness (QED) is 0.390. The number of nitrogens with zero attached hydrogens (tertiary/aromatic N) is 1. The van der Waals surface area contributed by atoms with Crippen LogP contribution in [-0.4, -0.2) is 36.0 Å². The molecule has 31 heavy (non-hydrogen) atoms. The van der Waals surface area contributed by atoms with Crippen LogP contribution in [0.15, 0.2) is 24.3 Å². The van der Waals surface area contributed by atoms with E-state index in [2.05, 4.69) is 12.2 Å². The van der Waals surface area contributed by atoms with Crippen LogP contribution in [-0.2, 0) is 27.1 Å². The zero-order valence-electron chi connectivity index (χ0n) is 17.1. The minimum absolute atomic E-state index is 0.209. The van der Waals surface area contributed by atoms with E-state index in [-0.39, 0.29) is 12.2 Å². The Hall–Kier alpha value is -3.27. The molecule has 164 valence electrons. The van der Waals surface area contributed by atoms with Gasteiger partial charge in [-0.15, -0.1) is 11.3 Å². The maximum absolute atomic E-state index is 12.5. The fraction of sp³-hybridized carbons (Fsp3) is 0.381. The minimum Gasteiger partial charge on any atom is -0.462 e. The molecule has 1 N–H and O–H groups in total. The van der Waals surface area contributed by atoms with Crippen LogP contribution in [0.2, 0.25) is 0 Å². The molecule has 0 aliphatic heterocycles. The number of benzene rings is 1. The third kappa shape index (κ3) is 5.08. The number of amides is 1. The van der Waals surface area contributed by atoms with Crippen molar-refractivity contribution in [3.8, 4) is 0 Å². The summed E-state index contributed by atoms with van der Waals surface area (Å²) in [5, 5.41) is 14.1. The van der Waals surface area contributed by atoms with Crippen molar-refractivity contribution in [2.24, 2.45) is 5.92 Å². The van der Waals surface area contributed by atoms with Crippen molar-refractivity contribution in [2.75, 3.05) is 18.5 Å². The zero-order valence-corrected chi connectivity index (χ0v) is 18.0. The Bertz CT molecular complexity index is 1030. The molecule has 1 atom stereocenters. The standard InChI is InChI=1S/C21H22N2O7S/c1-3-29-21(26)18-14-9-8-12(2)10-16(14)31-19(18)22-17(24)11-30-20(25)13-6-4-5-7-15(13)23(27)28/h4-7,12H,3,8-11H2,1-2H3,(H,22,24). The number of thiophene rings is 1. The van der Waals surface area contributed by atoms with Crippen LogP contribution in [0.1, 0.15) is 51.4 Å². The first kappa shape index (κ1) is 22.4. The van der Waals surface area contributed by atoms with Crippen molar-refractivity contribution in [2.45, 2.75) is 33.1 Å². The molecule has 10 heteroatoms. The number of hydrogen-bond acceptors (Lipinski definition) is 8. The van der Waals surface area contributed by atoms with Gasteiger partial charge in [0.25, 0.3) is 11.6 Å². The third-order valence-corrected chi connectivity index (χ3v) is 6.07. The molecule has 1 aliphatic carbocycles. The van der Waals surface area contributed by atoms with E-state index >= 15 is 0 Å². The number of hydrogen-bond donors (Lipinski definition) is 1. The predicted molar refractivity (Wildman–Crippen MR) is 113 cm³/mol. The van der Waals surface area contributed by atoms with Crippen molar-refractivity contribution >= 4 is 39.9 Å². The molecule has 1 aromatic heterocycles. The molecular weight excluding hydrogens is 424 g/mol. The maximum atomic E-state index is 12.5. The summed E-state index contributed by atoms with van der Waals surface area (Å²) in [6, 6.07) is 5.33. The number of carbonyl (C=O) groups excluding carboxylic acids is 3. The molecule has 1 amide bonds. The van der Waals surface area contributed by atoms with Gasteiger partial charge in [-0.25, -0.2) is 9.59 Å². The first-order valence-corrected chi connectivity index (χ1v) is 10.7. The van der Waals surface area contributed by atoms with Crippen molar-refractivity contribution in [1.82, 2.24) is 0 Å². The molecule has 1 unspecified atom stereocenters. The molecule has 1 aliphatic rings. The minimum atomic E-state index is -0.979. The van der Waals surface area contributed by atoms with Gasteiger partial charge >= 0.3 is 11.9 Å². The van der Waals surface area contributed by atoms with Gasteiger partial charge in [0.05, 0.1) is 17.1 Å². The third-order valence-electron chi connectivity index (χ3n) is 4.90. The second-order valence-electron chi connectivity index (χ2n) is 7.17. The number of ether oxygens (including phenoxy) is 2. The molecule has 0 saturated heterocycles. The lowest BCUT2D eigenvalue weighted by Gasteiger charge is -2.18. The van der Waals surface area contributed by atoms with Crippen LogP contribution in [0.5, 0.6) is 0 Å². The number of nitro benzene ring substituents is 1. The highest BCUT2D eigenvalue weighted by Gasteiger charge is 2.29. The van der Waals surface area contributed by atoms with E-state index in [4.69, 9.17) is 9.47 Å². The highest BCUT2D eigenvalue weighted by atomic mass is 32.1. The van der Waals surface area contributed by atoms with Gasteiger partial charge in [-0.1, -0.05) is 19.1 Å². The summed E-state index contributed by atoms with van der Waals surface area (Å²) >= 11 is 1.32. The Morgan fingerprint density at radius 2 is 1.97 bits per heavy atom. The van der Waals surface area contributed by atoms with Crippen LogP contribution in [0, 0.1) is 16.0 Å². The molecule has 0 bridgehead atoms. The van der Waals surface area contributed by atoms with Crippen molar-refractivity contribution in [3.05, 3.63) is 55.9 Å². The Labute approximate surface area is 182 Å². The number of esters is 2. The molecule has 0 spiro atoms. The van der Waals surface area contributed by atoms with Crippen LogP contribution in [0.25, 0.3) is 0 Å². The molecule has 0 fully saturated rings. The second kappa shape index (κ2) is 9.69. The largest absolute Gasteiger partial charge is 0.462 e. The van der Waals surface area contributed by atoms with Gasteiger partial charge in [-0.05, 0) is 43.7 Å². The average Bonchev–Trinajstić information content (AvgIpc) is 3.08. The normalized spacial score (nSPS) is 15.0. The summed E-state index contributed by atoms with van der Waals surface area (Å²) in [6.07, 6.45) is 2.48. The van der Waals surface area contributed by atoms with Gasteiger partial charge in [0.2, 0.25) is 0 Å². The molecule has 2 aromatic rings. The predicted octanol–water partition coefficient (Wildman–Crippen LogP) is 3.75. The monoisotopic (exact) mass is 446 g/mol. The summed E-state index contributed by atoms with van der Waals surface area (Å²) in [5.74, 6) is -1.65. The lowest BCUT2D eigenvalue weighted by molar-refractivity contribution is -0.385. The van der Waals surface area contributed by atoms with Gasteiger partial charge in [0.15, 0.2) is 6.61 Å². The van der Waals surface area contributed by atoms with Crippen LogP contribution >= 0.6 is 11.3 Å². The molecule has 1 heterocycles. The lowest BCUT2D eigenvalue weighted by Crippen LogP contribution is -2.22. The van der Waals surface area contributed by atoms with E-state index in [0.29, 0.717) is 16.5 Å². The number of rotatable bonds is 7.